The normalized spacial score (nSPS) is 9.80. The molecule has 0 spiro atoms. The zero-order valence-corrected chi connectivity index (χ0v) is 16.1. The Morgan fingerprint density at radius 3 is 1.53 bits per heavy atom. The highest BCUT2D eigenvalue weighted by Crippen LogP contribution is 2.18. The first-order chi connectivity index (χ1) is 14.6. The van der Waals surface area contributed by atoms with Gasteiger partial charge in [0, 0.05) is 11.1 Å². The predicted octanol–water partition coefficient (Wildman–Crippen LogP) is 4.48. The molecule has 0 heterocycles. The number of rotatable bonds is 8. The molecule has 0 aromatic heterocycles. The summed E-state index contributed by atoms with van der Waals surface area (Å²) in [6.45, 7) is 0.654. The number of benzene rings is 3. The van der Waals surface area contributed by atoms with Gasteiger partial charge in [-0.05, 0) is 53.3 Å². The smallest absolute Gasteiger partial charge is 0.235 e. The van der Waals surface area contributed by atoms with Gasteiger partial charge in [-0.15, -0.1) is 12.8 Å². The topological polar surface area (TPSA) is 52.6 Å². The number of Topliss-reactive ketones (excluding diaryl/α,β-unsaturated/α-hetero) is 2. The molecule has 30 heavy (non-hydrogen) atoms. The molecule has 0 bridgehead atoms. The number of hydrogen-bond donors (Lipinski definition) is 0. The highest BCUT2D eigenvalue weighted by atomic mass is 16.5. The number of carbonyl (C=O) groups excluding carboxylic acids is 2. The van der Waals surface area contributed by atoms with Gasteiger partial charge < -0.3 is 9.47 Å². The van der Waals surface area contributed by atoms with E-state index in [9.17, 15) is 9.59 Å². The summed E-state index contributed by atoms with van der Waals surface area (Å²) in [6, 6.07) is 21.3. The Bertz CT molecular complexity index is 1070. The maximum atomic E-state index is 11.6. The second-order valence-corrected chi connectivity index (χ2v) is 6.40. The van der Waals surface area contributed by atoms with Gasteiger partial charge in [-0.3, -0.25) is 9.59 Å². The summed E-state index contributed by atoms with van der Waals surface area (Å²) >= 11 is 0. The van der Waals surface area contributed by atoms with Crippen LogP contribution in [0.4, 0.5) is 0 Å². The minimum Gasteiger partial charge on any atom is -0.489 e. The lowest BCUT2D eigenvalue weighted by molar-refractivity contribution is 0.104. The van der Waals surface area contributed by atoms with E-state index in [1.807, 2.05) is 24.3 Å². The van der Waals surface area contributed by atoms with Crippen LogP contribution < -0.4 is 9.47 Å². The van der Waals surface area contributed by atoms with Crippen molar-refractivity contribution < 1.29 is 19.1 Å². The summed E-state index contributed by atoms with van der Waals surface area (Å²) in [5, 5.41) is 0. The van der Waals surface area contributed by atoms with Crippen molar-refractivity contribution in [2.45, 2.75) is 13.2 Å². The summed E-state index contributed by atoms with van der Waals surface area (Å²) in [4.78, 5) is 23.2. The Kier molecular flexibility index (Phi) is 6.66. The predicted molar refractivity (Wildman–Crippen MR) is 114 cm³/mol. The number of hydrogen-bond acceptors (Lipinski definition) is 4. The first-order valence-electron chi connectivity index (χ1n) is 9.14. The summed E-state index contributed by atoms with van der Waals surface area (Å²) < 4.78 is 11.6. The molecule has 0 fully saturated rings. The SMILES string of the molecule is C#CC(=O)c1cccc(OCc2cccc(COc3cccc(C(=O)C#C)c3)c2)c1. The minimum absolute atomic E-state index is 0.327. The molecule has 0 aliphatic carbocycles. The molecule has 0 N–H and O–H groups in total. The molecule has 4 heteroatoms. The second kappa shape index (κ2) is 9.78. The van der Waals surface area contributed by atoms with E-state index in [0.29, 0.717) is 35.8 Å². The van der Waals surface area contributed by atoms with Crippen molar-refractivity contribution in [3.05, 3.63) is 95.1 Å². The zero-order valence-electron chi connectivity index (χ0n) is 16.1. The van der Waals surface area contributed by atoms with Gasteiger partial charge in [0.05, 0.1) is 0 Å². The van der Waals surface area contributed by atoms with Crippen molar-refractivity contribution in [3.63, 3.8) is 0 Å². The lowest BCUT2D eigenvalue weighted by Gasteiger charge is -2.10. The van der Waals surface area contributed by atoms with Gasteiger partial charge in [-0.25, -0.2) is 0 Å². The highest BCUT2D eigenvalue weighted by Gasteiger charge is 2.06. The Hall–Kier alpha value is -4.28. The molecule has 3 aromatic rings. The Balaban J connectivity index is 1.62. The van der Waals surface area contributed by atoms with E-state index < -0.39 is 0 Å². The van der Waals surface area contributed by atoms with Crippen LogP contribution in [0.1, 0.15) is 31.8 Å². The fourth-order valence-corrected chi connectivity index (χ4v) is 2.76. The molecule has 3 aromatic carbocycles. The van der Waals surface area contributed by atoms with Crippen LogP contribution >= 0.6 is 0 Å². The molecule has 3 rings (SSSR count). The first kappa shape index (κ1) is 20.5. The number of ether oxygens (including phenoxy) is 2. The summed E-state index contributed by atoms with van der Waals surface area (Å²) in [5.74, 6) is 4.55. The lowest BCUT2D eigenvalue weighted by Crippen LogP contribution is -2.01. The van der Waals surface area contributed by atoms with Crippen LogP contribution in [0.5, 0.6) is 11.5 Å². The Morgan fingerprint density at radius 1 is 0.667 bits per heavy atom. The molecule has 0 aliphatic rings. The first-order valence-corrected chi connectivity index (χ1v) is 9.14. The van der Waals surface area contributed by atoms with Gasteiger partial charge in [0.2, 0.25) is 11.6 Å². The zero-order chi connectivity index (χ0) is 21.3. The average Bonchev–Trinajstić information content (AvgIpc) is 2.81. The van der Waals surface area contributed by atoms with E-state index in [4.69, 9.17) is 22.3 Å². The van der Waals surface area contributed by atoms with Crippen LogP contribution in [-0.2, 0) is 13.2 Å². The average molecular weight is 394 g/mol. The van der Waals surface area contributed by atoms with Gasteiger partial charge in [0.15, 0.2) is 0 Å². The molecule has 0 aliphatic heterocycles. The molecule has 0 saturated carbocycles. The molecule has 146 valence electrons. The van der Waals surface area contributed by atoms with E-state index >= 15 is 0 Å². The molecular formula is C26H18O4. The van der Waals surface area contributed by atoms with Crippen molar-refractivity contribution in [2.24, 2.45) is 0 Å². The maximum absolute atomic E-state index is 11.6. The van der Waals surface area contributed by atoms with Gasteiger partial charge in [-0.1, -0.05) is 42.5 Å². The van der Waals surface area contributed by atoms with Crippen molar-refractivity contribution >= 4 is 11.6 Å². The summed E-state index contributed by atoms with van der Waals surface area (Å²) in [5.41, 5.74) is 2.73. The van der Waals surface area contributed by atoms with Crippen molar-refractivity contribution in [1.29, 1.82) is 0 Å². The molecular weight excluding hydrogens is 376 g/mol. The maximum Gasteiger partial charge on any atom is 0.235 e. The lowest BCUT2D eigenvalue weighted by atomic mass is 10.1. The van der Waals surface area contributed by atoms with Crippen LogP contribution in [0.25, 0.3) is 0 Å². The molecule has 4 nitrogen and oxygen atoms in total. The van der Waals surface area contributed by atoms with E-state index in [2.05, 4.69) is 11.8 Å². The standard InChI is InChI=1S/C26H18O4/c1-3-25(27)21-10-6-12-23(15-21)29-17-19-8-5-9-20(14-19)18-30-24-13-7-11-22(16-24)26(28)4-2/h1-2,5-16H,17-18H2. The second-order valence-electron chi connectivity index (χ2n) is 6.40. The summed E-state index contributed by atoms with van der Waals surface area (Å²) in [7, 11) is 0. The number of ketones is 2. The molecule has 0 unspecified atom stereocenters. The third kappa shape index (κ3) is 5.38. The molecule has 0 saturated heterocycles. The third-order valence-electron chi connectivity index (χ3n) is 4.26. The molecule has 0 radical (unpaired) electrons. The Labute approximate surface area is 175 Å². The van der Waals surface area contributed by atoms with E-state index in [0.717, 1.165) is 11.1 Å². The van der Waals surface area contributed by atoms with Crippen molar-refractivity contribution in [2.75, 3.05) is 0 Å². The summed E-state index contributed by atoms with van der Waals surface area (Å²) in [6.07, 6.45) is 10.3. The van der Waals surface area contributed by atoms with E-state index in [1.165, 1.54) is 0 Å². The van der Waals surface area contributed by atoms with Crippen LogP contribution in [0.15, 0.2) is 72.8 Å². The van der Waals surface area contributed by atoms with Gasteiger partial charge >= 0.3 is 0 Å². The third-order valence-corrected chi connectivity index (χ3v) is 4.26. The van der Waals surface area contributed by atoms with Crippen molar-refractivity contribution in [3.8, 4) is 36.2 Å². The van der Waals surface area contributed by atoms with Crippen LogP contribution in [0.3, 0.4) is 0 Å². The quantitative estimate of drug-likeness (QED) is 0.321. The van der Waals surface area contributed by atoms with Crippen LogP contribution in [-0.4, -0.2) is 11.6 Å². The highest BCUT2D eigenvalue weighted by molar-refractivity contribution is 6.09. The number of carbonyl (C=O) groups is 2. The van der Waals surface area contributed by atoms with Gasteiger partial charge in [-0.2, -0.15) is 0 Å². The van der Waals surface area contributed by atoms with Crippen LogP contribution in [0, 0.1) is 24.7 Å². The molecule has 0 atom stereocenters. The molecule has 0 amide bonds. The number of terminal acetylenes is 2. The van der Waals surface area contributed by atoms with E-state index in [1.54, 1.807) is 48.5 Å². The van der Waals surface area contributed by atoms with E-state index in [-0.39, 0.29) is 11.6 Å². The Morgan fingerprint density at radius 2 is 1.10 bits per heavy atom. The van der Waals surface area contributed by atoms with Crippen LogP contribution in [0.2, 0.25) is 0 Å². The minimum atomic E-state index is -0.382. The monoisotopic (exact) mass is 394 g/mol. The van der Waals surface area contributed by atoms with Gasteiger partial charge in [0.25, 0.3) is 0 Å². The van der Waals surface area contributed by atoms with Crippen molar-refractivity contribution in [1.82, 2.24) is 0 Å². The van der Waals surface area contributed by atoms with Gasteiger partial charge in [0.1, 0.15) is 24.7 Å². The fraction of sp³-hybridized carbons (Fsp3) is 0.0769. The largest absolute Gasteiger partial charge is 0.489 e. The fourth-order valence-electron chi connectivity index (χ4n) is 2.76.